The lowest BCUT2D eigenvalue weighted by Crippen LogP contribution is -2.66. The van der Waals surface area contributed by atoms with Crippen LogP contribution in [-0.4, -0.2) is 176 Å². The van der Waals surface area contributed by atoms with E-state index in [0.717, 1.165) is 12.8 Å². The molecule has 0 saturated carbocycles. The monoisotopic (exact) mass is 710 g/mol. The average Bonchev–Trinajstić information content (AvgIpc) is 3.10. The molecule has 0 bridgehead atoms. The molecule has 15 unspecified atom stereocenters. The van der Waals surface area contributed by atoms with Gasteiger partial charge < -0.3 is 84.9 Å². The Labute approximate surface area is 280 Å². The summed E-state index contributed by atoms with van der Waals surface area (Å²) in [6.45, 7) is -1.32. The van der Waals surface area contributed by atoms with Gasteiger partial charge in [0.2, 0.25) is 0 Å². The Bertz CT molecular complexity index is 1150. The number of aliphatic hydroxyl groups excluding tert-OH is 9. The van der Waals surface area contributed by atoms with Crippen molar-refractivity contribution in [3.8, 4) is 5.75 Å². The van der Waals surface area contributed by atoms with E-state index >= 15 is 0 Å². The Morgan fingerprint density at radius 1 is 0.673 bits per heavy atom. The largest absolute Gasteiger partial charge is 0.491 e. The van der Waals surface area contributed by atoms with Crippen LogP contribution < -0.4 is 10.5 Å². The van der Waals surface area contributed by atoms with Crippen molar-refractivity contribution in [3.63, 3.8) is 0 Å². The summed E-state index contributed by atoms with van der Waals surface area (Å²) in [6, 6.07) is 5.09. The number of aliphatic hydroxyl groups is 9. The van der Waals surface area contributed by atoms with E-state index in [1.54, 1.807) is 0 Å². The third-order valence-electron chi connectivity index (χ3n) is 8.48. The molecular formula is C29H46N2O18. The minimum Gasteiger partial charge on any atom is -0.491 e. The number of hydrogen-bond acceptors (Lipinski definition) is 19. The molecule has 20 heteroatoms. The molecule has 49 heavy (non-hydrogen) atoms. The number of nitrogens with two attached hydrogens (primary N) is 1. The van der Waals surface area contributed by atoms with Crippen LogP contribution in [0.4, 0.5) is 5.69 Å². The maximum absolute atomic E-state index is 11.1. The molecule has 0 spiro atoms. The Kier molecular flexibility index (Phi) is 14.8. The van der Waals surface area contributed by atoms with E-state index in [2.05, 4.69) is 0 Å². The zero-order valence-corrected chi connectivity index (χ0v) is 26.4. The van der Waals surface area contributed by atoms with E-state index in [-0.39, 0.29) is 24.7 Å². The van der Waals surface area contributed by atoms with Crippen molar-refractivity contribution in [3.05, 3.63) is 34.4 Å². The molecule has 0 aromatic heterocycles. The maximum atomic E-state index is 11.1. The highest BCUT2D eigenvalue weighted by atomic mass is 16.8. The lowest BCUT2D eigenvalue weighted by Gasteiger charge is -2.48. The Morgan fingerprint density at radius 3 is 1.78 bits per heavy atom. The highest BCUT2D eigenvalue weighted by Crippen LogP contribution is 2.33. The summed E-state index contributed by atoms with van der Waals surface area (Å²) >= 11 is 0. The molecule has 3 aliphatic heterocycles. The fraction of sp³-hybridized carbons (Fsp3) is 0.793. The van der Waals surface area contributed by atoms with Crippen LogP contribution in [0.3, 0.4) is 0 Å². The molecule has 4 rings (SSSR count). The van der Waals surface area contributed by atoms with Crippen LogP contribution in [-0.2, 0) is 28.4 Å². The van der Waals surface area contributed by atoms with Crippen LogP contribution in [0.5, 0.6) is 5.75 Å². The Morgan fingerprint density at radius 2 is 1.20 bits per heavy atom. The number of unbranched alkanes of at least 4 members (excludes halogenated alkanes) is 2. The van der Waals surface area contributed by atoms with Crippen LogP contribution >= 0.6 is 0 Å². The van der Waals surface area contributed by atoms with Gasteiger partial charge in [0.15, 0.2) is 18.9 Å². The summed E-state index contributed by atoms with van der Waals surface area (Å²) in [4.78, 5) is 10.4. The quantitative estimate of drug-likeness (QED) is 0.0439. The van der Waals surface area contributed by atoms with Crippen LogP contribution in [0.1, 0.15) is 19.3 Å². The summed E-state index contributed by atoms with van der Waals surface area (Å²) < 4.78 is 39.7. The molecule has 15 atom stereocenters. The van der Waals surface area contributed by atoms with Crippen molar-refractivity contribution in [2.75, 3.05) is 33.0 Å². The lowest BCUT2D eigenvalue weighted by molar-refractivity contribution is -0.384. The zero-order chi connectivity index (χ0) is 35.8. The molecule has 0 amide bonds. The molecular weight excluding hydrogens is 664 g/mol. The Balaban J connectivity index is 1.48. The maximum Gasteiger partial charge on any atom is 0.269 e. The van der Waals surface area contributed by atoms with Gasteiger partial charge in [-0.15, -0.1) is 0 Å². The standard InChI is InChI=1S/C29H46N2O18/c30-8-2-1-3-9-43-27-23(39)20(36)26(17(47-27)12-44-14-6-4-13(5-7-14)31(41)42)49-29-24(40)21(37)25(16(11-33)46-29)48-28-22(38)19(35)18(34)15(10-32)45-28/h4-7,15-29,32-40H,1-3,8-12,30H2. The first kappa shape index (κ1) is 39.6. The number of hydrogen-bond donors (Lipinski definition) is 10. The second kappa shape index (κ2) is 18.3. The Hall–Kier alpha value is -2.22. The topological polar surface area (TPSA) is 316 Å². The number of benzene rings is 1. The van der Waals surface area contributed by atoms with Gasteiger partial charge in [-0.05, 0) is 37.9 Å². The number of nitro benzene ring substituents is 1. The third-order valence-corrected chi connectivity index (χ3v) is 8.48. The van der Waals surface area contributed by atoms with Gasteiger partial charge in [0.25, 0.3) is 5.69 Å². The molecule has 0 radical (unpaired) electrons. The van der Waals surface area contributed by atoms with Gasteiger partial charge in [0.05, 0.1) is 18.1 Å². The fourth-order valence-corrected chi connectivity index (χ4v) is 5.63. The highest BCUT2D eigenvalue weighted by Gasteiger charge is 2.53. The van der Waals surface area contributed by atoms with Gasteiger partial charge in [-0.3, -0.25) is 10.1 Å². The van der Waals surface area contributed by atoms with E-state index in [1.165, 1.54) is 24.3 Å². The fourth-order valence-electron chi connectivity index (χ4n) is 5.63. The number of nitro groups is 1. The average molecular weight is 711 g/mol. The second-order valence-electron chi connectivity index (χ2n) is 11.9. The van der Waals surface area contributed by atoms with E-state index in [1.807, 2.05) is 0 Å². The van der Waals surface area contributed by atoms with Crippen molar-refractivity contribution in [2.24, 2.45) is 5.73 Å². The molecule has 11 N–H and O–H groups in total. The van der Waals surface area contributed by atoms with Crippen LogP contribution in [0, 0.1) is 10.1 Å². The first-order valence-electron chi connectivity index (χ1n) is 15.9. The number of non-ortho nitro benzene ring substituents is 1. The van der Waals surface area contributed by atoms with Gasteiger partial charge >= 0.3 is 0 Å². The van der Waals surface area contributed by atoms with Crippen LogP contribution in [0.2, 0.25) is 0 Å². The predicted molar refractivity (Wildman–Crippen MR) is 159 cm³/mol. The molecule has 0 aliphatic carbocycles. The lowest BCUT2D eigenvalue weighted by atomic mass is 9.96. The molecule has 1 aromatic carbocycles. The van der Waals surface area contributed by atoms with Gasteiger partial charge in [0, 0.05) is 18.7 Å². The summed E-state index contributed by atoms with van der Waals surface area (Å²) in [5.74, 6) is 0.186. The van der Waals surface area contributed by atoms with Crippen molar-refractivity contribution >= 4 is 5.69 Å². The number of nitrogens with zero attached hydrogens (tertiary/aromatic N) is 1. The van der Waals surface area contributed by atoms with E-state index in [4.69, 9.17) is 38.9 Å². The SMILES string of the molecule is NCCCCCOC1OC(COc2ccc([N+](=O)[O-])cc2)C(OC2OC(CO)C(OC3OC(CO)C(O)C(O)C3O)C(O)C2O)C(O)C1O. The van der Waals surface area contributed by atoms with Crippen molar-refractivity contribution < 1.29 is 84.0 Å². The molecule has 20 nitrogen and oxygen atoms in total. The second-order valence-corrected chi connectivity index (χ2v) is 11.9. The van der Waals surface area contributed by atoms with Gasteiger partial charge in [-0.2, -0.15) is 0 Å². The minimum absolute atomic E-state index is 0.153. The van der Waals surface area contributed by atoms with E-state index in [0.29, 0.717) is 13.0 Å². The summed E-state index contributed by atoms with van der Waals surface area (Å²) in [5.41, 5.74) is 5.33. The zero-order valence-electron chi connectivity index (χ0n) is 26.4. The molecule has 3 heterocycles. The van der Waals surface area contributed by atoms with Crippen molar-refractivity contribution in [1.29, 1.82) is 0 Å². The smallest absolute Gasteiger partial charge is 0.269 e. The normalized spacial score (nSPS) is 39.8. The number of rotatable bonds is 16. The molecule has 3 fully saturated rings. The summed E-state index contributed by atoms with van der Waals surface area (Å²) in [5, 5.41) is 105. The first-order valence-corrected chi connectivity index (χ1v) is 15.9. The van der Waals surface area contributed by atoms with Gasteiger partial charge in [-0.1, -0.05) is 0 Å². The van der Waals surface area contributed by atoms with Crippen LogP contribution in [0.25, 0.3) is 0 Å². The minimum atomic E-state index is -1.95. The summed E-state index contributed by atoms with van der Waals surface area (Å²) in [6.07, 6.45) is -22.6. The van der Waals surface area contributed by atoms with E-state index < -0.39 is 110 Å². The van der Waals surface area contributed by atoms with Gasteiger partial charge in [-0.25, -0.2) is 0 Å². The third kappa shape index (κ3) is 9.56. The van der Waals surface area contributed by atoms with Gasteiger partial charge in [0.1, 0.15) is 85.6 Å². The number of ether oxygens (including phenoxy) is 7. The highest BCUT2D eigenvalue weighted by molar-refractivity contribution is 5.36. The summed E-state index contributed by atoms with van der Waals surface area (Å²) in [7, 11) is 0. The predicted octanol–water partition coefficient (Wildman–Crippen LogP) is -4.42. The van der Waals surface area contributed by atoms with Crippen LogP contribution in [0.15, 0.2) is 24.3 Å². The molecule has 3 saturated heterocycles. The molecule has 1 aromatic rings. The molecule has 3 aliphatic rings. The molecule has 280 valence electrons. The first-order chi connectivity index (χ1) is 23.4. The van der Waals surface area contributed by atoms with Crippen molar-refractivity contribution in [1.82, 2.24) is 0 Å². The van der Waals surface area contributed by atoms with Crippen molar-refractivity contribution in [2.45, 2.75) is 111 Å². The van der Waals surface area contributed by atoms with E-state index in [9.17, 15) is 56.1 Å².